The Kier molecular flexibility index (Phi) is 3.63. The molecule has 16 heavy (non-hydrogen) atoms. The highest BCUT2D eigenvalue weighted by Crippen LogP contribution is 2.46. The zero-order chi connectivity index (χ0) is 12.4. The normalized spacial score (nSPS) is 16.2. The average molecular weight is 232 g/mol. The molecule has 1 aromatic carbocycles. The average Bonchev–Trinajstić information content (AvgIpc) is 2.18. The van der Waals surface area contributed by atoms with E-state index in [-0.39, 0.29) is 5.56 Å². The molecule has 1 nitrogen and oxygen atoms in total. The molecule has 1 aromatic rings. The van der Waals surface area contributed by atoms with Crippen LogP contribution in [0.25, 0.3) is 0 Å². The molecule has 0 saturated carbocycles. The van der Waals surface area contributed by atoms with E-state index in [0.717, 1.165) is 7.11 Å². The van der Waals surface area contributed by atoms with Crippen molar-refractivity contribution in [2.24, 2.45) is 5.92 Å². The van der Waals surface area contributed by atoms with E-state index in [0.29, 0.717) is 0 Å². The minimum Gasteiger partial charge on any atom is -0.364 e. The summed E-state index contributed by atoms with van der Waals surface area (Å²) in [5, 5.41) is 0. The summed E-state index contributed by atoms with van der Waals surface area (Å²) in [4.78, 5) is 0. The summed E-state index contributed by atoms with van der Waals surface area (Å²) in [6.07, 6.45) is -4.43. The van der Waals surface area contributed by atoms with Crippen LogP contribution in [0.1, 0.15) is 19.4 Å². The molecule has 0 aromatic heterocycles. The van der Waals surface area contributed by atoms with Crippen molar-refractivity contribution in [1.82, 2.24) is 0 Å². The van der Waals surface area contributed by atoms with Gasteiger partial charge < -0.3 is 4.74 Å². The Labute approximate surface area is 93.2 Å². The Morgan fingerprint density at radius 2 is 1.56 bits per heavy atom. The van der Waals surface area contributed by atoms with E-state index in [1.54, 1.807) is 18.2 Å². The van der Waals surface area contributed by atoms with E-state index in [4.69, 9.17) is 4.74 Å². The largest absolute Gasteiger partial charge is 0.421 e. The molecule has 0 radical (unpaired) electrons. The van der Waals surface area contributed by atoms with E-state index >= 15 is 0 Å². The molecule has 0 aliphatic rings. The van der Waals surface area contributed by atoms with Gasteiger partial charge in [-0.1, -0.05) is 44.2 Å². The van der Waals surface area contributed by atoms with Crippen LogP contribution in [0, 0.1) is 5.92 Å². The molecule has 1 rings (SSSR count). The van der Waals surface area contributed by atoms with Crippen LogP contribution in [0.3, 0.4) is 0 Å². The van der Waals surface area contributed by atoms with Crippen LogP contribution in [0.2, 0.25) is 0 Å². The van der Waals surface area contributed by atoms with Gasteiger partial charge in [-0.25, -0.2) is 0 Å². The van der Waals surface area contributed by atoms with E-state index in [9.17, 15) is 13.2 Å². The van der Waals surface area contributed by atoms with Gasteiger partial charge in [0.1, 0.15) is 0 Å². The molecule has 0 N–H and O–H groups in total. The maximum Gasteiger partial charge on any atom is 0.421 e. The van der Waals surface area contributed by atoms with E-state index < -0.39 is 17.7 Å². The predicted molar refractivity (Wildman–Crippen MR) is 56.0 cm³/mol. The summed E-state index contributed by atoms with van der Waals surface area (Å²) in [5.74, 6) is -0.695. The second-order valence-electron chi connectivity index (χ2n) is 3.96. The number of benzene rings is 1. The van der Waals surface area contributed by atoms with Gasteiger partial charge in [-0.3, -0.25) is 0 Å². The summed E-state index contributed by atoms with van der Waals surface area (Å²) in [6.45, 7) is 3.01. The summed E-state index contributed by atoms with van der Waals surface area (Å²) in [7, 11) is 1.10. The van der Waals surface area contributed by atoms with Crippen LogP contribution in [0.4, 0.5) is 13.2 Å². The summed E-state index contributed by atoms with van der Waals surface area (Å²) >= 11 is 0. The third-order valence-electron chi connectivity index (χ3n) is 2.76. The Morgan fingerprint density at radius 1 is 1.06 bits per heavy atom. The fourth-order valence-corrected chi connectivity index (χ4v) is 1.98. The van der Waals surface area contributed by atoms with Gasteiger partial charge in [0.2, 0.25) is 0 Å². The molecular weight excluding hydrogens is 217 g/mol. The minimum atomic E-state index is -4.43. The molecule has 0 aliphatic heterocycles. The monoisotopic (exact) mass is 232 g/mol. The number of alkyl halides is 3. The fraction of sp³-hybridized carbons (Fsp3) is 0.500. The van der Waals surface area contributed by atoms with Gasteiger partial charge in [0.15, 0.2) is 5.60 Å². The van der Waals surface area contributed by atoms with Crippen LogP contribution in [0.5, 0.6) is 0 Å². The highest BCUT2D eigenvalue weighted by atomic mass is 19.4. The van der Waals surface area contributed by atoms with Crippen LogP contribution in [-0.2, 0) is 10.3 Å². The smallest absolute Gasteiger partial charge is 0.364 e. The highest BCUT2D eigenvalue weighted by molar-refractivity contribution is 5.25. The lowest BCUT2D eigenvalue weighted by Gasteiger charge is -2.38. The van der Waals surface area contributed by atoms with Gasteiger partial charge >= 0.3 is 6.18 Å². The Morgan fingerprint density at radius 3 is 1.88 bits per heavy atom. The van der Waals surface area contributed by atoms with Crippen molar-refractivity contribution < 1.29 is 17.9 Å². The van der Waals surface area contributed by atoms with Gasteiger partial charge in [-0.05, 0) is 11.5 Å². The van der Waals surface area contributed by atoms with Gasteiger partial charge in [-0.15, -0.1) is 0 Å². The molecule has 1 unspecified atom stereocenters. The van der Waals surface area contributed by atoms with Gasteiger partial charge in [0, 0.05) is 7.11 Å². The van der Waals surface area contributed by atoms with Crippen molar-refractivity contribution in [2.75, 3.05) is 7.11 Å². The van der Waals surface area contributed by atoms with Crippen molar-refractivity contribution in [3.63, 3.8) is 0 Å². The SMILES string of the molecule is COC(c1ccccc1)(C(C)C)C(F)(F)F. The van der Waals surface area contributed by atoms with Crippen LogP contribution < -0.4 is 0 Å². The third kappa shape index (κ3) is 1.94. The number of hydrogen-bond donors (Lipinski definition) is 0. The second kappa shape index (κ2) is 4.45. The summed E-state index contributed by atoms with van der Waals surface area (Å²) < 4.78 is 44.4. The molecule has 0 heterocycles. The predicted octanol–water partition coefficient (Wildman–Crippen LogP) is 3.75. The maximum absolute atomic E-state index is 13.2. The van der Waals surface area contributed by atoms with Gasteiger partial charge in [0.25, 0.3) is 0 Å². The molecular formula is C12H15F3O. The number of methoxy groups -OCH3 is 1. The lowest BCUT2D eigenvalue weighted by atomic mass is 9.82. The first-order valence-electron chi connectivity index (χ1n) is 5.03. The molecule has 0 spiro atoms. The van der Waals surface area contributed by atoms with E-state index in [1.807, 2.05) is 0 Å². The Bertz CT molecular complexity index is 332. The van der Waals surface area contributed by atoms with E-state index in [2.05, 4.69) is 0 Å². The molecule has 0 fully saturated rings. The molecule has 0 bridgehead atoms. The fourth-order valence-electron chi connectivity index (χ4n) is 1.98. The molecule has 90 valence electrons. The first kappa shape index (κ1) is 13.0. The van der Waals surface area contributed by atoms with Crippen LogP contribution >= 0.6 is 0 Å². The van der Waals surface area contributed by atoms with Gasteiger partial charge in [-0.2, -0.15) is 13.2 Å². The third-order valence-corrected chi connectivity index (χ3v) is 2.76. The Hall–Kier alpha value is -1.03. The lowest BCUT2D eigenvalue weighted by Crippen LogP contribution is -2.48. The topological polar surface area (TPSA) is 9.23 Å². The number of ether oxygens (including phenoxy) is 1. The standard InChI is InChI=1S/C12H15F3O/c1-9(2)11(16-3,12(13,14)15)10-7-5-4-6-8-10/h4-9H,1-3H3. The first-order chi connectivity index (χ1) is 7.36. The van der Waals surface area contributed by atoms with Crippen LogP contribution in [-0.4, -0.2) is 13.3 Å². The van der Waals surface area contributed by atoms with Crippen molar-refractivity contribution in [2.45, 2.75) is 25.6 Å². The van der Waals surface area contributed by atoms with Gasteiger partial charge in [0.05, 0.1) is 0 Å². The Balaban J connectivity index is 3.36. The molecule has 1 atom stereocenters. The van der Waals surface area contributed by atoms with Crippen molar-refractivity contribution in [3.05, 3.63) is 35.9 Å². The number of halogens is 3. The zero-order valence-corrected chi connectivity index (χ0v) is 9.51. The summed E-state index contributed by atoms with van der Waals surface area (Å²) in [6, 6.07) is 7.73. The highest BCUT2D eigenvalue weighted by Gasteiger charge is 2.58. The minimum absolute atomic E-state index is 0.139. The second-order valence-corrected chi connectivity index (χ2v) is 3.96. The molecule has 4 heteroatoms. The van der Waals surface area contributed by atoms with Crippen molar-refractivity contribution in [3.8, 4) is 0 Å². The number of rotatable bonds is 3. The quantitative estimate of drug-likeness (QED) is 0.771. The van der Waals surface area contributed by atoms with Crippen LogP contribution in [0.15, 0.2) is 30.3 Å². The number of hydrogen-bond acceptors (Lipinski definition) is 1. The van der Waals surface area contributed by atoms with Crippen molar-refractivity contribution >= 4 is 0 Å². The molecule has 0 amide bonds. The molecule has 0 aliphatic carbocycles. The van der Waals surface area contributed by atoms with Crippen molar-refractivity contribution in [1.29, 1.82) is 0 Å². The zero-order valence-electron chi connectivity index (χ0n) is 9.51. The molecule has 0 saturated heterocycles. The first-order valence-corrected chi connectivity index (χ1v) is 5.03. The lowest BCUT2D eigenvalue weighted by molar-refractivity contribution is -0.293. The summed E-state index contributed by atoms with van der Waals surface area (Å²) in [5.41, 5.74) is -2.09. The van der Waals surface area contributed by atoms with E-state index in [1.165, 1.54) is 26.0 Å². The maximum atomic E-state index is 13.2.